The molecule has 0 aromatic heterocycles. The average Bonchev–Trinajstić information content (AvgIpc) is 1.84. The van der Waals surface area contributed by atoms with Crippen LogP contribution in [0.5, 0.6) is 0 Å². The Morgan fingerprint density at radius 3 is 2.42 bits per heavy atom. The van der Waals surface area contributed by atoms with E-state index in [0.717, 1.165) is 5.75 Å². The first-order valence-corrected chi connectivity index (χ1v) is 4.87. The van der Waals surface area contributed by atoms with Gasteiger partial charge in [0.2, 0.25) is 5.96 Å². The molecule has 1 unspecified atom stereocenters. The van der Waals surface area contributed by atoms with Crippen molar-refractivity contribution in [3.8, 4) is 0 Å². The second kappa shape index (κ2) is 5.70. The molecule has 1 atom stereocenters. The summed E-state index contributed by atoms with van der Waals surface area (Å²) in [4.78, 5) is 7.62. The summed E-state index contributed by atoms with van der Waals surface area (Å²) in [5, 5.41) is 0. The zero-order valence-corrected chi connectivity index (χ0v) is 8.14. The Hall–Kier alpha value is -0.910. The fourth-order valence-corrected chi connectivity index (χ4v) is 1.22. The van der Waals surface area contributed by atoms with Crippen molar-refractivity contribution in [1.29, 1.82) is 0 Å². The highest BCUT2D eigenvalue weighted by Crippen LogP contribution is 1.99. The van der Waals surface area contributed by atoms with Gasteiger partial charge in [0, 0.05) is 5.75 Å². The van der Waals surface area contributed by atoms with E-state index in [9.17, 15) is 0 Å². The summed E-state index contributed by atoms with van der Waals surface area (Å²) >= 11 is 1.70. The Morgan fingerprint density at radius 2 is 2.00 bits per heavy atom. The van der Waals surface area contributed by atoms with Crippen molar-refractivity contribution in [2.75, 3.05) is 12.0 Å². The molecule has 12 heavy (non-hydrogen) atoms. The lowest BCUT2D eigenvalue weighted by atomic mass is 10.4. The van der Waals surface area contributed by atoms with Crippen LogP contribution in [0.25, 0.3) is 0 Å². The van der Waals surface area contributed by atoms with E-state index in [0.29, 0.717) is 0 Å². The third-order valence-corrected chi connectivity index (χ3v) is 1.82. The van der Waals surface area contributed by atoms with Crippen molar-refractivity contribution in [1.82, 2.24) is 0 Å². The minimum absolute atomic E-state index is 0.0624. The van der Waals surface area contributed by atoms with Crippen LogP contribution in [0.3, 0.4) is 0 Å². The fraction of sp³-hybridized carbons (Fsp3) is 0.667. The molecule has 0 fully saturated rings. The van der Waals surface area contributed by atoms with E-state index in [-0.39, 0.29) is 18.0 Å². The topological polar surface area (TPSA) is 103 Å². The number of rotatable bonds is 3. The van der Waals surface area contributed by atoms with Crippen LogP contribution in [0.2, 0.25) is 0 Å². The Balaban J connectivity index is 4.06. The van der Waals surface area contributed by atoms with Gasteiger partial charge in [0.25, 0.3) is 0 Å². The molecule has 0 bridgehead atoms. The van der Waals surface area contributed by atoms with Crippen LogP contribution in [0.1, 0.15) is 6.92 Å². The minimum Gasteiger partial charge on any atom is -0.370 e. The summed E-state index contributed by atoms with van der Waals surface area (Å²) in [7, 11) is 0. The summed E-state index contributed by atoms with van der Waals surface area (Å²) in [5.41, 5.74) is 15.6. The third kappa shape index (κ3) is 5.84. The van der Waals surface area contributed by atoms with Crippen molar-refractivity contribution < 1.29 is 0 Å². The first-order chi connectivity index (χ1) is 5.56. The molecule has 6 N–H and O–H groups in total. The predicted octanol–water partition coefficient (Wildman–Crippen LogP) is -0.674. The van der Waals surface area contributed by atoms with Crippen molar-refractivity contribution >= 4 is 23.7 Å². The number of nitrogens with zero attached hydrogens (tertiary/aromatic N) is 2. The molecular formula is C6H15N5S. The summed E-state index contributed by atoms with van der Waals surface area (Å²) in [5.74, 6) is 0.977. The minimum atomic E-state index is -0.0624. The quantitative estimate of drug-likeness (QED) is 0.404. The van der Waals surface area contributed by atoms with E-state index >= 15 is 0 Å². The standard InChI is InChI=1S/C6H15N5S/c1-4(3-12-2)10-6(9)11-5(7)8/h4H,3H2,1-2H3,(H6,7,8,9,10,11). The van der Waals surface area contributed by atoms with E-state index in [4.69, 9.17) is 17.2 Å². The van der Waals surface area contributed by atoms with Crippen molar-refractivity contribution in [2.24, 2.45) is 27.2 Å². The molecule has 0 saturated heterocycles. The highest BCUT2D eigenvalue weighted by molar-refractivity contribution is 7.98. The van der Waals surface area contributed by atoms with E-state index < -0.39 is 0 Å². The Kier molecular flexibility index (Phi) is 5.27. The molecule has 0 aliphatic rings. The lowest BCUT2D eigenvalue weighted by Crippen LogP contribution is -2.27. The Bertz CT molecular complexity index is 184. The summed E-state index contributed by atoms with van der Waals surface area (Å²) in [6.07, 6.45) is 2.00. The van der Waals surface area contributed by atoms with Gasteiger partial charge in [-0.3, -0.25) is 0 Å². The molecule has 0 aromatic carbocycles. The summed E-state index contributed by atoms with van der Waals surface area (Å²) < 4.78 is 0. The molecule has 0 radical (unpaired) electrons. The van der Waals surface area contributed by atoms with E-state index in [2.05, 4.69) is 9.98 Å². The van der Waals surface area contributed by atoms with Gasteiger partial charge in [0.15, 0.2) is 5.96 Å². The van der Waals surface area contributed by atoms with Crippen molar-refractivity contribution in [3.63, 3.8) is 0 Å². The van der Waals surface area contributed by atoms with E-state index in [1.807, 2.05) is 13.2 Å². The highest BCUT2D eigenvalue weighted by Gasteiger charge is 1.98. The van der Waals surface area contributed by atoms with Crippen molar-refractivity contribution in [3.05, 3.63) is 0 Å². The molecule has 5 nitrogen and oxygen atoms in total. The van der Waals surface area contributed by atoms with Gasteiger partial charge in [-0.2, -0.15) is 16.8 Å². The number of guanidine groups is 2. The van der Waals surface area contributed by atoms with Gasteiger partial charge in [-0.25, -0.2) is 4.99 Å². The van der Waals surface area contributed by atoms with Crippen LogP contribution in [0.15, 0.2) is 9.98 Å². The van der Waals surface area contributed by atoms with Crippen LogP contribution in [-0.2, 0) is 0 Å². The summed E-state index contributed by atoms with van der Waals surface area (Å²) in [6, 6.07) is 0.142. The molecule has 0 aliphatic heterocycles. The SMILES string of the molecule is CSCC(C)N=C(N)N=C(N)N. The maximum absolute atomic E-state index is 5.40. The monoisotopic (exact) mass is 189 g/mol. The Morgan fingerprint density at radius 1 is 1.42 bits per heavy atom. The zero-order chi connectivity index (χ0) is 9.56. The zero-order valence-electron chi connectivity index (χ0n) is 7.32. The predicted molar refractivity (Wildman–Crippen MR) is 55.3 cm³/mol. The highest BCUT2D eigenvalue weighted by atomic mass is 32.2. The smallest absolute Gasteiger partial charge is 0.218 e. The molecule has 6 heteroatoms. The van der Waals surface area contributed by atoms with Gasteiger partial charge < -0.3 is 17.2 Å². The van der Waals surface area contributed by atoms with Crippen LogP contribution in [0.4, 0.5) is 0 Å². The normalized spacial score (nSPS) is 14.0. The first-order valence-electron chi connectivity index (χ1n) is 3.48. The molecule has 0 aliphatic carbocycles. The molecule has 0 rings (SSSR count). The van der Waals surface area contributed by atoms with Gasteiger partial charge in [0.05, 0.1) is 6.04 Å². The number of aliphatic imine (C=N–C) groups is 2. The molecule has 0 saturated carbocycles. The number of hydrogen-bond acceptors (Lipinski definition) is 2. The second-order valence-electron chi connectivity index (χ2n) is 2.33. The fourth-order valence-electron chi connectivity index (χ4n) is 0.665. The van der Waals surface area contributed by atoms with Crippen LogP contribution in [-0.4, -0.2) is 30.0 Å². The number of nitrogens with two attached hydrogens (primary N) is 3. The molecule has 0 spiro atoms. The maximum Gasteiger partial charge on any atom is 0.218 e. The molecule has 0 aromatic rings. The third-order valence-electron chi connectivity index (χ3n) is 1.00. The molecule has 70 valence electrons. The molecule has 0 heterocycles. The van der Waals surface area contributed by atoms with Gasteiger partial charge in [-0.1, -0.05) is 0 Å². The van der Waals surface area contributed by atoms with E-state index in [1.165, 1.54) is 0 Å². The Labute approximate surface area is 76.5 Å². The second-order valence-corrected chi connectivity index (χ2v) is 3.24. The maximum atomic E-state index is 5.40. The van der Waals surface area contributed by atoms with Gasteiger partial charge in [-0.05, 0) is 13.2 Å². The average molecular weight is 189 g/mol. The van der Waals surface area contributed by atoms with Gasteiger partial charge in [0.1, 0.15) is 0 Å². The van der Waals surface area contributed by atoms with Gasteiger partial charge >= 0.3 is 0 Å². The lowest BCUT2D eigenvalue weighted by molar-refractivity contribution is 0.845. The van der Waals surface area contributed by atoms with Crippen LogP contribution < -0.4 is 17.2 Å². The van der Waals surface area contributed by atoms with Crippen LogP contribution >= 0.6 is 11.8 Å². The first kappa shape index (κ1) is 11.1. The largest absolute Gasteiger partial charge is 0.370 e. The van der Waals surface area contributed by atoms with Crippen LogP contribution in [0, 0.1) is 0 Å². The molecule has 0 amide bonds. The number of hydrogen-bond donors (Lipinski definition) is 3. The van der Waals surface area contributed by atoms with E-state index in [1.54, 1.807) is 11.8 Å². The van der Waals surface area contributed by atoms with Crippen molar-refractivity contribution in [2.45, 2.75) is 13.0 Å². The summed E-state index contributed by atoms with van der Waals surface area (Å²) in [6.45, 7) is 1.95. The molecular weight excluding hydrogens is 174 g/mol. The lowest BCUT2D eigenvalue weighted by Gasteiger charge is -2.02. The number of thioether (sulfide) groups is 1. The van der Waals surface area contributed by atoms with Gasteiger partial charge in [-0.15, -0.1) is 0 Å².